The van der Waals surface area contributed by atoms with E-state index in [1.807, 2.05) is 0 Å². The summed E-state index contributed by atoms with van der Waals surface area (Å²) in [4.78, 5) is 10.9. The van der Waals surface area contributed by atoms with E-state index < -0.39 is 11.9 Å². The molecule has 0 aliphatic carbocycles. The Kier molecular flexibility index (Phi) is 3.55. The second-order valence-electron chi connectivity index (χ2n) is 2.82. The standard InChI is InChI=1S/C11H9ClO2/c1-2-5-9(11(13)14)8-6-3-4-7-10(8)12/h1,3-4,6-7,9H,5H2,(H,13,14). The third-order valence-electron chi connectivity index (χ3n) is 1.90. The van der Waals surface area contributed by atoms with Crippen molar-refractivity contribution in [3.8, 4) is 12.3 Å². The van der Waals surface area contributed by atoms with Crippen LogP contribution in [-0.4, -0.2) is 11.1 Å². The van der Waals surface area contributed by atoms with E-state index in [-0.39, 0.29) is 6.42 Å². The molecule has 0 amide bonds. The molecule has 72 valence electrons. The summed E-state index contributed by atoms with van der Waals surface area (Å²) in [6, 6.07) is 6.83. The lowest BCUT2D eigenvalue weighted by Crippen LogP contribution is -2.11. The van der Waals surface area contributed by atoms with Crippen LogP contribution in [0.4, 0.5) is 0 Å². The van der Waals surface area contributed by atoms with Crippen LogP contribution in [0.2, 0.25) is 5.02 Å². The van der Waals surface area contributed by atoms with Gasteiger partial charge in [0.15, 0.2) is 0 Å². The molecule has 2 nitrogen and oxygen atoms in total. The number of hydrogen-bond donors (Lipinski definition) is 1. The Morgan fingerprint density at radius 2 is 2.21 bits per heavy atom. The molecule has 0 bridgehead atoms. The highest BCUT2D eigenvalue weighted by Crippen LogP contribution is 2.26. The molecule has 1 rings (SSSR count). The van der Waals surface area contributed by atoms with Gasteiger partial charge in [-0.3, -0.25) is 4.79 Å². The Morgan fingerprint density at radius 3 is 2.71 bits per heavy atom. The molecule has 14 heavy (non-hydrogen) atoms. The minimum absolute atomic E-state index is 0.152. The second-order valence-corrected chi connectivity index (χ2v) is 3.23. The molecule has 0 radical (unpaired) electrons. The quantitative estimate of drug-likeness (QED) is 0.776. The normalized spacial score (nSPS) is 11.7. The molecule has 0 spiro atoms. The monoisotopic (exact) mass is 208 g/mol. The smallest absolute Gasteiger partial charge is 0.312 e. The fourth-order valence-electron chi connectivity index (χ4n) is 1.21. The average Bonchev–Trinajstić information content (AvgIpc) is 2.15. The number of rotatable bonds is 3. The average molecular weight is 209 g/mol. The predicted molar refractivity (Wildman–Crippen MR) is 55.3 cm³/mol. The van der Waals surface area contributed by atoms with E-state index in [9.17, 15) is 4.79 Å². The molecule has 0 aromatic heterocycles. The molecule has 1 aromatic carbocycles. The van der Waals surface area contributed by atoms with Gasteiger partial charge in [0.1, 0.15) is 0 Å². The molecule has 1 atom stereocenters. The van der Waals surface area contributed by atoms with Gasteiger partial charge in [-0.25, -0.2) is 0 Å². The number of hydrogen-bond acceptors (Lipinski definition) is 1. The lowest BCUT2D eigenvalue weighted by atomic mass is 9.96. The van der Waals surface area contributed by atoms with Crippen LogP contribution in [0.1, 0.15) is 17.9 Å². The fourth-order valence-corrected chi connectivity index (χ4v) is 1.47. The van der Waals surface area contributed by atoms with Crippen molar-refractivity contribution in [2.24, 2.45) is 0 Å². The van der Waals surface area contributed by atoms with Gasteiger partial charge in [-0.1, -0.05) is 29.8 Å². The molecular weight excluding hydrogens is 200 g/mol. The Balaban J connectivity index is 3.06. The molecular formula is C11H9ClO2. The van der Waals surface area contributed by atoms with Crippen LogP contribution in [0.3, 0.4) is 0 Å². The van der Waals surface area contributed by atoms with Gasteiger partial charge in [-0.05, 0) is 11.6 Å². The first-order chi connectivity index (χ1) is 6.66. The zero-order valence-corrected chi connectivity index (χ0v) is 8.16. The molecule has 1 aromatic rings. The molecule has 0 saturated heterocycles. The van der Waals surface area contributed by atoms with Gasteiger partial charge >= 0.3 is 5.97 Å². The lowest BCUT2D eigenvalue weighted by Gasteiger charge is -2.10. The van der Waals surface area contributed by atoms with Gasteiger partial charge in [-0.2, -0.15) is 0 Å². The van der Waals surface area contributed by atoms with Crippen LogP contribution >= 0.6 is 11.6 Å². The summed E-state index contributed by atoms with van der Waals surface area (Å²) in [5.41, 5.74) is 0.569. The van der Waals surface area contributed by atoms with E-state index in [2.05, 4.69) is 5.92 Å². The SMILES string of the molecule is C#CCC(C(=O)O)c1ccccc1Cl. The van der Waals surface area contributed by atoms with Crippen molar-refractivity contribution in [1.82, 2.24) is 0 Å². The van der Waals surface area contributed by atoms with Gasteiger partial charge in [0, 0.05) is 11.4 Å². The highest BCUT2D eigenvalue weighted by atomic mass is 35.5. The third kappa shape index (κ3) is 2.27. The van der Waals surface area contributed by atoms with Crippen molar-refractivity contribution >= 4 is 17.6 Å². The highest BCUT2D eigenvalue weighted by molar-refractivity contribution is 6.31. The van der Waals surface area contributed by atoms with Crippen molar-refractivity contribution in [2.45, 2.75) is 12.3 Å². The maximum Gasteiger partial charge on any atom is 0.312 e. The van der Waals surface area contributed by atoms with E-state index in [4.69, 9.17) is 23.1 Å². The number of benzene rings is 1. The minimum Gasteiger partial charge on any atom is -0.481 e. The zero-order valence-electron chi connectivity index (χ0n) is 7.40. The molecule has 0 fully saturated rings. The maximum atomic E-state index is 10.9. The summed E-state index contributed by atoms with van der Waals surface area (Å²) in [7, 11) is 0. The first kappa shape index (κ1) is 10.6. The molecule has 3 heteroatoms. The summed E-state index contributed by atoms with van der Waals surface area (Å²) < 4.78 is 0. The zero-order chi connectivity index (χ0) is 10.6. The molecule has 1 unspecified atom stereocenters. The number of aliphatic carboxylic acids is 1. The Hall–Kier alpha value is -1.46. The molecule has 0 aliphatic heterocycles. The number of carboxylic acids is 1. The summed E-state index contributed by atoms with van der Waals surface area (Å²) >= 11 is 5.87. The van der Waals surface area contributed by atoms with Crippen molar-refractivity contribution in [3.05, 3.63) is 34.9 Å². The van der Waals surface area contributed by atoms with Gasteiger partial charge in [0.05, 0.1) is 5.92 Å². The Labute approximate surface area is 87.5 Å². The van der Waals surface area contributed by atoms with E-state index in [0.29, 0.717) is 10.6 Å². The molecule has 0 heterocycles. The molecule has 1 N–H and O–H groups in total. The summed E-state index contributed by atoms with van der Waals surface area (Å²) in [5.74, 6) is 0.673. The van der Waals surface area contributed by atoms with Crippen molar-refractivity contribution < 1.29 is 9.90 Å². The Morgan fingerprint density at radius 1 is 1.57 bits per heavy atom. The molecule has 0 aliphatic rings. The minimum atomic E-state index is -0.948. The predicted octanol–water partition coefficient (Wildman–Crippen LogP) is 2.53. The van der Waals surface area contributed by atoms with Gasteiger partial charge < -0.3 is 5.11 Å². The van der Waals surface area contributed by atoms with Crippen molar-refractivity contribution in [3.63, 3.8) is 0 Å². The van der Waals surface area contributed by atoms with Crippen LogP contribution in [0.25, 0.3) is 0 Å². The molecule has 0 saturated carbocycles. The summed E-state index contributed by atoms with van der Waals surface area (Å²) in [6.45, 7) is 0. The van der Waals surface area contributed by atoms with Crippen LogP contribution in [0.15, 0.2) is 24.3 Å². The number of terminal acetylenes is 1. The topological polar surface area (TPSA) is 37.3 Å². The first-order valence-corrected chi connectivity index (χ1v) is 4.45. The summed E-state index contributed by atoms with van der Waals surface area (Å²) in [5, 5.41) is 9.37. The highest BCUT2D eigenvalue weighted by Gasteiger charge is 2.20. The van der Waals surface area contributed by atoms with Crippen LogP contribution < -0.4 is 0 Å². The largest absolute Gasteiger partial charge is 0.481 e. The number of carboxylic acid groups (broad SMARTS) is 1. The lowest BCUT2D eigenvalue weighted by molar-refractivity contribution is -0.138. The van der Waals surface area contributed by atoms with Crippen LogP contribution in [-0.2, 0) is 4.79 Å². The second kappa shape index (κ2) is 4.69. The van der Waals surface area contributed by atoms with Crippen LogP contribution in [0.5, 0.6) is 0 Å². The van der Waals surface area contributed by atoms with Gasteiger partial charge in [0.25, 0.3) is 0 Å². The number of halogens is 1. The van der Waals surface area contributed by atoms with Gasteiger partial charge in [0.2, 0.25) is 0 Å². The van der Waals surface area contributed by atoms with E-state index in [1.54, 1.807) is 24.3 Å². The van der Waals surface area contributed by atoms with E-state index in [1.165, 1.54) is 0 Å². The van der Waals surface area contributed by atoms with Crippen molar-refractivity contribution in [1.29, 1.82) is 0 Å². The number of carbonyl (C=O) groups is 1. The van der Waals surface area contributed by atoms with Crippen LogP contribution in [0, 0.1) is 12.3 Å². The fraction of sp³-hybridized carbons (Fsp3) is 0.182. The third-order valence-corrected chi connectivity index (χ3v) is 2.24. The Bertz CT molecular complexity index is 379. The summed E-state index contributed by atoms with van der Waals surface area (Å²) in [6.07, 6.45) is 5.25. The van der Waals surface area contributed by atoms with Crippen molar-refractivity contribution in [2.75, 3.05) is 0 Å². The first-order valence-electron chi connectivity index (χ1n) is 4.07. The maximum absolute atomic E-state index is 10.9. The van der Waals surface area contributed by atoms with Gasteiger partial charge in [-0.15, -0.1) is 12.3 Å². The van der Waals surface area contributed by atoms with E-state index >= 15 is 0 Å². The van der Waals surface area contributed by atoms with E-state index in [0.717, 1.165) is 0 Å².